The van der Waals surface area contributed by atoms with Crippen molar-refractivity contribution in [2.45, 2.75) is 25.9 Å². The maximum absolute atomic E-state index is 6.27. The lowest BCUT2D eigenvalue weighted by Gasteiger charge is -2.21. The van der Waals surface area contributed by atoms with E-state index >= 15 is 0 Å². The molecule has 0 saturated carbocycles. The SMILES string of the molecule is CNC(COc1ccccc1)c1c(Cl)cnn1C(C)C. The summed E-state index contributed by atoms with van der Waals surface area (Å²) in [7, 11) is 1.90. The highest BCUT2D eigenvalue weighted by Gasteiger charge is 2.21. The lowest BCUT2D eigenvalue weighted by Crippen LogP contribution is -2.27. The molecule has 0 bridgehead atoms. The number of likely N-dealkylation sites (N-methyl/N-ethyl adjacent to an activating group) is 1. The quantitative estimate of drug-likeness (QED) is 0.886. The Morgan fingerprint density at radius 3 is 2.60 bits per heavy atom. The number of rotatable bonds is 6. The molecule has 1 atom stereocenters. The number of ether oxygens (including phenoxy) is 1. The Morgan fingerprint density at radius 2 is 2.00 bits per heavy atom. The summed E-state index contributed by atoms with van der Waals surface area (Å²) in [6.07, 6.45) is 1.68. The summed E-state index contributed by atoms with van der Waals surface area (Å²) in [5, 5.41) is 8.23. The Kier molecular flexibility index (Phi) is 5.04. The first kappa shape index (κ1) is 14.9. The molecule has 0 fully saturated rings. The van der Waals surface area contributed by atoms with E-state index in [0.29, 0.717) is 11.6 Å². The fourth-order valence-corrected chi connectivity index (χ4v) is 2.35. The summed E-state index contributed by atoms with van der Waals surface area (Å²) in [5.41, 5.74) is 0.958. The number of hydrogen-bond donors (Lipinski definition) is 1. The molecule has 1 aromatic heterocycles. The third kappa shape index (κ3) is 3.32. The molecule has 1 N–H and O–H groups in total. The van der Waals surface area contributed by atoms with Crippen LogP contribution in [-0.4, -0.2) is 23.4 Å². The van der Waals surface area contributed by atoms with E-state index < -0.39 is 0 Å². The normalized spacial score (nSPS) is 12.7. The third-order valence-electron chi connectivity index (χ3n) is 3.11. The van der Waals surface area contributed by atoms with Gasteiger partial charge in [0.1, 0.15) is 12.4 Å². The Hall–Kier alpha value is -1.52. The molecular formula is C15H20ClN3O. The highest BCUT2D eigenvalue weighted by molar-refractivity contribution is 6.31. The van der Waals surface area contributed by atoms with E-state index in [4.69, 9.17) is 16.3 Å². The van der Waals surface area contributed by atoms with Crippen LogP contribution in [0.1, 0.15) is 31.6 Å². The highest BCUT2D eigenvalue weighted by Crippen LogP contribution is 2.26. The minimum Gasteiger partial charge on any atom is -0.492 e. The molecule has 0 aliphatic heterocycles. The summed E-state index contributed by atoms with van der Waals surface area (Å²) >= 11 is 6.27. The van der Waals surface area contributed by atoms with E-state index in [0.717, 1.165) is 11.4 Å². The minimum atomic E-state index is -0.00685. The van der Waals surface area contributed by atoms with Crippen molar-refractivity contribution in [2.24, 2.45) is 0 Å². The molecule has 2 rings (SSSR count). The molecule has 5 heteroatoms. The van der Waals surface area contributed by atoms with Crippen molar-refractivity contribution in [3.63, 3.8) is 0 Å². The average Bonchev–Trinajstić information content (AvgIpc) is 2.83. The van der Waals surface area contributed by atoms with Gasteiger partial charge in [-0.3, -0.25) is 4.68 Å². The number of benzene rings is 1. The molecule has 0 aliphatic carbocycles. The average molecular weight is 294 g/mol. The van der Waals surface area contributed by atoms with Crippen molar-refractivity contribution in [2.75, 3.05) is 13.7 Å². The van der Waals surface area contributed by atoms with Crippen LogP contribution < -0.4 is 10.1 Å². The van der Waals surface area contributed by atoms with E-state index in [1.807, 2.05) is 42.1 Å². The molecule has 1 aromatic carbocycles. The number of hydrogen-bond acceptors (Lipinski definition) is 3. The van der Waals surface area contributed by atoms with Gasteiger partial charge in [0.05, 0.1) is 23.0 Å². The van der Waals surface area contributed by atoms with Crippen LogP contribution in [0.5, 0.6) is 5.75 Å². The Bertz CT molecular complexity index is 539. The molecule has 0 saturated heterocycles. The lowest BCUT2D eigenvalue weighted by molar-refractivity contribution is 0.263. The molecule has 2 aromatic rings. The van der Waals surface area contributed by atoms with E-state index in [1.165, 1.54) is 0 Å². The van der Waals surface area contributed by atoms with Gasteiger partial charge >= 0.3 is 0 Å². The van der Waals surface area contributed by atoms with Gasteiger partial charge in [0.2, 0.25) is 0 Å². The number of nitrogens with zero attached hydrogens (tertiary/aromatic N) is 2. The van der Waals surface area contributed by atoms with Crippen LogP contribution in [0.3, 0.4) is 0 Å². The van der Waals surface area contributed by atoms with Gasteiger partial charge in [-0.25, -0.2) is 0 Å². The maximum Gasteiger partial charge on any atom is 0.119 e. The van der Waals surface area contributed by atoms with Gasteiger partial charge in [-0.1, -0.05) is 29.8 Å². The second-order valence-electron chi connectivity index (χ2n) is 4.88. The van der Waals surface area contributed by atoms with Gasteiger partial charge in [-0.05, 0) is 33.0 Å². The third-order valence-corrected chi connectivity index (χ3v) is 3.41. The summed E-state index contributed by atoms with van der Waals surface area (Å²) in [4.78, 5) is 0. The molecule has 0 aliphatic rings. The minimum absolute atomic E-state index is 0.00685. The summed E-state index contributed by atoms with van der Waals surface area (Å²) < 4.78 is 7.74. The van der Waals surface area contributed by atoms with Crippen LogP contribution in [0.15, 0.2) is 36.5 Å². The topological polar surface area (TPSA) is 39.1 Å². The van der Waals surface area contributed by atoms with Gasteiger partial charge in [-0.2, -0.15) is 5.10 Å². The molecule has 4 nitrogen and oxygen atoms in total. The van der Waals surface area contributed by atoms with Crippen LogP contribution in [0.2, 0.25) is 5.02 Å². The fraction of sp³-hybridized carbons (Fsp3) is 0.400. The van der Waals surface area contributed by atoms with Crippen molar-refractivity contribution in [1.82, 2.24) is 15.1 Å². The van der Waals surface area contributed by atoms with Gasteiger partial charge in [0, 0.05) is 6.04 Å². The smallest absolute Gasteiger partial charge is 0.119 e. The van der Waals surface area contributed by atoms with Crippen LogP contribution >= 0.6 is 11.6 Å². The molecule has 0 amide bonds. The van der Waals surface area contributed by atoms with Crippen molar-refractivity contribution in [3.05, 3.63) is 47.2 Å². The summed E-state index contributed by atoms with van der Waals surface area (Å²) in [5.74, 6) is 0.847. The van der Waals surface area contributed by atoms with Gasteiger partial charge in [0.25, 0.3) is 0 Å². The number of aromatic nitrogens is 2. The zero-order valence-electron chi connectivity index (χ0n) is 12.0. The van der Waals surface area contributed by atoms with Crippen molar-refractivity contribution >= 4 is 11.6 Å². The van der Waals surface area contributed by atoms with Crippen LogP contribution in [0.4, 0.5) is 0 Å². The van der Waals surface area contributed by atoms with Crippen LogP contribution in [-0.2, 0) is 0 Å². The van der Waals surface area contributed by atoms with Crippen molar-refractivity contribution in [3.8, 4) is 5.75 Å². The number of halogens is 1. The van der Waals surface area contributed by atoms with Crippen molar-refractivity contribution in [1.29, 1.82) is 0 Å². The van der Waals surface area contributed by atoms with Crippen LogP contribution in [0.25, 0.3) is 0 Å². The molecule has 1 unspecified atom stereocenters. The molecule has 20 heavy (non-hydrogen) atoms. The molecular weight excluding hydrogens is 274 g/mol. The predicted octanol–water partition coefficient (Wildman–Crippen LogP) is 3.46. The lowest BCUT2D eigenvalue weighted by atomic mass is 10.2. The largest absolute Gasteiger partial charge is 0.492 e. The number of nitrogens with one attached hydrogen (secondary N) is 1. The van der Waals surface area contributed by atoms with E-state index in [1.54, 1.807) is 6.20 Å². The highest BCUT2D eigenvalue weighted by atomic mass is 35.5. The summed E-state index contributed by atoms with van der Waals surface area (Å²) in [6, 6.07) is 10.00. The fourth-order valence-electron chi connectivity index (χ4n) is 2.08. The van der Waals surface area contributed by atoms with E-state index in [9.17, 15) is 0 Å². The molecule has 1 heterocycles. The molecule has 0 radical (unpaired) electrons. The molecule has 0 spiro atoms. The molecule has 108 valence electrons. The van der Waals surface area contributed by atoms with Gasteiger partial charge < -0.3 is 10.1 Å². The van der Waals surface area contributed by atoms with Crippen molar-refractivity contribution < 1.29 is 4.74 Å². The Morgan fingerprint density at radius 1 is 1.30 bits per heavy atom. The van der Waals surface area contributed by atoms with E-state index in [-0.39, 0.29) is 12.1 Å². The second kappa shape index (κ2) is 6.77. The van der Waals surface area contributed by atoms with E-state index in [2.05, 4.69) is 24.3 Å². The first-order valence-corrected chi connectivity index (χ1v) is 7.09. The van der Waals surface area contributed by atoms with Gasteiger partial charge in [0.15, 0.2) is 0 Å². The van der Waals surface area contributed by atoms with Gasteiger partial charge in [-0.15, -0.1) is 0 Å². The standard InChI is InChI=1S/C15H20ClN3O/c1-11(2)19-15(13(16)9-18-19)14(17-3)10-20-12-7-5-4-6-8-12/h4-9,11,14,17H,10H2,1-3H3. The first-order valence-electron chi connectivity index (χ1n) is 6.71. The Labute approximate surface area is 124 Å². The number of para-hydroxylation sites is 1. The maximum atomic E-state index is 6.27. The van der Waals surface area contributed by atoms with Crippen LogP contribution in [0, 0.1) is 0 Å². The first-order chi connectivity index (χ1) is 9.63. The predicted molar refractivity (Wildman–Crippen MR) is 81.4 cm³/mol. The second-order valence-corrected chi connectivity index (χ2v) is 5.29. The zero-order valence-corrected chi connectivity index (χ0v) is 12.8. The zero-order chi connectivity index (χ0) is 14.5. The monoisotopic (exact) mass is 293 g/mol. The Balaban J connectivity index is 2.14. The summed E-state index contributed by atoms with van der Waals surface area (Å²) in [6.45, 7) is 4.66.